The third-order valence-electron chi connectivity index (χ3n) is 3.64. The molecule has 1 fully saturated rings. The Hall–Kier alpha value is -0.160. The fraction of sp³-hybridized carbons (Fsp3) is 1.00. The van der Waals surface area contributed by atoms with Gasteiger partial charge < -0.3 is 20.2 Å². The van der Waals surface area contributed by atoms with Crippen LogP contribution in [-0.4, -0.2) is 73.4 Å². The Labute approximate surface area is 112 Å². The van der Waals surface area contributed by atoms with Crippen LogP contribution in [0, 0.1) is 0 Å². The summed E-state index contributed by atoms with van der Waals surface area (Å²) in [6.45, 7) is 12.7. The van der Waals surface area contributed by atoms with E-state index < -0.39 is 0 Å². The fourth-order valence-corrected chi connectivity index (χ4v) is 2.58. The van der Waals surface area contributed by atoms with E-state index in [-0.39, 0.29) is 6.10 Å². The van der Waals surface area contributed by atoms with Crippen molar-refractivity contribution in [3.63, 3.8) is 0 Å². The zero-order valence-corrected chi connectivity index (χ0v) is 12.2. The van der Waals surface area contributed by atoms with Crippen LogP contribution in [0.4, 0.5) is 0 Å². The molecule has 0 bridgehead atoms. The molecule has 1 aliphatic rings. The van der Waals surface area contributed by atoms with Crippen molar-refractivity contribution < 1.29 is 5.11 Å². The molecule has 1 saturated heterocycles. The zero-order valence-electron chi connectivity index (χ0n) is 12.2. The predicted octanol–water partition coefficient (Wildman–Crippen LogP) is 0.765. The third kappa shape index (κ3) is 6.69. The Balaban J connectivity index is 1.98. The maximum Gasteiger partial charge on any atom is 0.0791 e. The predicted molar refractivity (Wildman–Crippen MR) is 77.0 cm³/mol. The van der Waals surface area contributed by atoms with Gasteiger partial charge in [0.25, 0.3) is 0 Å². The van der Waals surface area contributed by atoms with Crippen LogP contribution in [0.1, 0.15) is 33.1 Å². The molecule has 0 aliphatic carbocycles. The molecule has 0 saturated carbocycles. The highest BCUT2D eigenvalue weighted by Crippen LogP contribution is 2.07. The smallest absolute Gasteiger partial charge is 0.0791 e. The van der Waals surface area contributed by atoms with Crippen molar-refractivity contribution in [2.75, 3.05) is 52.4 Å². The van der Waals surface area contributed by atoms with Crippen LogP contribution in [0.3, 0.4) is 0 Å². The van der Waals surface area contributed by atoms with Crippen LogP contribution in [0.2, 0.25) is 0 Å². The summed E-state index contributed by atoms with van der Waals surface area (Å²) in [4.78, 5) is 4.81. The van der Waals surface area contributed by atoms with Gasteiger partial charge in [0, 0.05) is 26.2 Å². The summed E-state index contributed by atoms with van der Waals surface area (Å²) < 4.78 is 0. The summed E-state index contributed by atoms with van der Waals surface area (Å²) in [6, 6.07) is 0. The van der Waals surface area contributed by atoms with Gasteiger partial charge in [-0.05, 0) is 45.4 Å². The van der Waals surface area contributed by atoms with Crippen LogP contribution in [0.25, 0.3) is 0 Å². The van der Waals surface area contributed by atoms with E-state index in [4.69, 9.17) is 0 Å². The van der Waals surface area contributed by atoms with Crippen molar-refractivity contribution in [3.8, 4) is 0 Å². The van der Waals surface area contributed by atoms with Crippen molar-refractivity contribution in [1.29, 1.82) is 0 Å². The minimum absolute atomic E-state index is 0.218. The van der Waals surface area contributed by atoms with Crippen molar-refractivity contribution in [2.45, 2.75) is 39.2 Å². The van der Waals surface area contributed by atoms with Crippen LogP contribution < -0.4 is 5.32 Å². The second kappa shape index (κ2) is 9.73. The van der Waals surface area contributed by atoms with Crippen molar-refractivity contribution in [1.82, 2.24) is 15.1 Å². The van der Waals surface area contributed by atoms with E-state index in [2.05, 4.69) is 29.0 Å². The van der Waals surface area contributed by atoms with E-state index in [1.54, 1.807) is 0 Å². The number of hydrogen-bond acceptors (Lipinski definition) is 4. The summed E-state index contributed by atoms with van der Waals surface area (Å²) in [5.74, 6) is 0. The molecule has 0 aromatic carbocycles. The van der Waals surface area contributed by atoms with Gasteiger partial charge in [-0.25, -0.2) is 0 Å². The molecular formula is C14H31N3O. The first-order valence-corrected chi connectivity index (χ1v) is 7.59. The van der Waals surface area contributed by atoms with Gasteiger partial charge in [0.1, 0.15) is 0 Å². The van der Waals surface area contributed by atoms with E-state index in [0.717, 1.165) is 45.8 Å². The Bertz CT molecular complexity index is 195. The van der Waals surface area contributed by atoms with Gasteiger partial charge in [0.15, 0.2) is 0 Å². The standard InChI is InChI=1S/C14H31N3O/c1-3-8-16(4-2)11-7-15-12-14(18)13-17-9-5-6-10-17/h14-15,18H,3-13H2,1-2H3. The lowest BCUT2D eigenvalue weighted by molar-refractivity contribution is 0.122. The minimum Gasteiger partial charge on any atom is -0.390 e. The number of rotatable bonds is 10. The van der Waals surface area contributed by atoms with Gasteiger partial charge in [-0.1, -0.05) is 13.8 Å². The number of aliphatic hydroxyl groups excluding tert-OH is 1. The van der Waals surface area contributed by atoms with Gasteiger partial charge in [-0.15, -0.1) is 0 Å². The highest BCUT2D eigenvalue weighted by Gasteiger charge is 2.15. The number of likely N-dealkylation sites (N-methyl/N-ethyl adjacent to an activating group) is 1. The summed E-state index contributed by atoms with van der Waals surface area (Å²) >= 11 is 0. The molecule has 4 nitrogen and oxygen atoms in total. The normalized spacial score (nSPS) is 18.7. The van der Waals surface area contributed by atoms with Crippen molar-refractivity contribution in [2.24, 2.45) is 0 Å². The molecule has 108 valence electrons. The molecule has 0 amide bonds. The molecule has 0 spiro atoms. The summed E-state index contributed by atoms with van der Waals surface area (Å²) in [5, 5.41) is 13.3. The summed E-state index contributed by atoms with van der Waals surface area (Å²) in [6.07, 6.45) is 3.58. The van der Waals surface area contributed by atoms with Gasteiger partial charge in [0.2, 0.25) is 0 Å². The lowest BCUT2D eigenvalue weighted by Gasteiger charge is -2.22. The topological polar surface area (TPSA) is 38.7 Å². The molecule has 1 atom stereocenters. The van der Waals surface area contributed by atoms with E-state index >= 15 is 0 Å². The molecule has 1 rings (SSSR count). The molecule has 18 heavy (non-hydrogen) atoms. The molecular weight excluding hydrogens is 226 g/mol. The maximum absolute atomic E-state index is 9.92. The van der Waals surface area contributed by atoms with Crippen molar-refractivity contribution in [3.05, 3.63) is 0 Å². The van der Waals surface area contributed by atoms with Crippen LogP contribution >= 0.6 is 0 Å². The van der Waals surface area contributed by atoms with Crippen LogP contribution in [0.5, 0.6) is 0 Å². The first-order chi connectivity index (χ1) is 8.76. The van der Waals surface area contributed by atoms with Gasteiger partial charge in [-0.3, -0.25) is 0 Å². The average molecular weight is 257 g/mol. The number of β-amino-alcohol motifs (C(OH)–C–C–N with tert-alkyl or cyclic N) is 1. The highest BCUT2D eigenvalue weighted by molar-refractivity contribution is 4.71. The zero-order chi connectivity index (χ0) is 13.2. The second-order valence-corrected chi connectivity index (χ2v) is 5.30. The molecule has 1 aliphatic heterocycles. The molecule has 1 heterocycles. The molecule has 1 unspecified atom stereocenters. The Morgan fingerprint density at radius 2 is 1.94 bits per heavy atom. The fourth-order valence-electron chi connectivity index (χ4n) is 2.58. The monoisotopic (exact) mass is 257 g/mol. The minimum atomic E-state index is -0.218. The first-order valence-electron chi connectivity index (χ1n) is 7.59. The Morgan fingerprint density at radius 3 is 2.56 bits per heavy atom. The van der Waals surface area contributed by atoms with E-state index in [1.807, 2.05) is 0 Å². The molecule has 0 aromatic rings. The molecule has 4 heteroatoms. The second-order valence-electron chi connectivity index (χ2n) is 5.30. The largest absolute Gasteiger partial charge is 0.390 e. The number of likely N-dealkylation sites (tertiary alicyclic amines) is 1. The lowest BCUT2D eigenvalue weighted by Crippen LogP contribution is -2.40. The summed E-state index contributed by atoms with van der Waals surface area (Å²) in [7, 11) is 0. The quantitative estimate of drug-likeness (QED) is 0.567. The average Bonchev–Trinajstić information content (AvgIpc) is 2.85. The van der Waals surface area contributed by atoms with E-state index in [1.165, 1.54) is 25.8 Å². The van der Waals surface area contributed by atoms with Crippen LogP contribution in [0.15, 0.2) is 0 Å². The number of hydrogen-bond donors (Lipinski definition) is 2. The Morgan fingerprint density at radius 1 is 1.22 bits per heavy atom. The van der Waals surface area contributed by atoms with Gasteiger partial charge in [-0.2, -0.15) is 0 Å². The highest BCUT2D eigenvalue weighted by atomic mass is 16.3. The number of nitrogens with one attached hydrogen (secondary N) is 1. The Kier molecular flexibility index (Phi) is 8.59. The third-order valence-corrected chi connectivity index (χ3v) is 3.64. The number of nitrogens with zero attached hydrogens (tertiary/aromatic N) is 2. The van der Waals surface area contributed by atoms with E-state index in [0.29, 0.717) is 0 Å². The van der Waals surface area contributed by atoms with Gasteiger partial charge >= 0.3 is 0 Å². The molecule has 0 aromatic heterocycles. The summed E-state index contributed by atoms with van der Waals surface area (Å²) in [5.41, 5.74) is 0. The lowest BCUT2D eigenvalue weighted by atomic mass is 10.3. The van der Waals surface area contributed by atoms with Crippen LogP contribution in [-0.2, 0) is 0 Å². The first kappa shape index (κ1) is 15.9. The number of aliphatic hydroxyl groups is 1. The molecule has 2 N–H and O–H groups in total. The van der Waals surface area contributed by atoms with Crippen molar-refractivity contribution >= 4 is 0 Å². The van der Waals surface area contributed by atoms with Gasteiger partial charge in [0.05, 0.1) is 6.10 Å². The maximum atomic E-state index is 9.92. The molecule has 0 radical (unpaired) electrons. The van der Waals surface area contributed by atoms with E-state index in [9.17, 15) is 5.11 Å². The SMILES string of the molecule is CCCN(CC)CCNCC(O)CN1CCCC1.